The van der Waals surface area contributed by atoms with Crippen molar-refractivity contribution in [2.45, 2.75) is 26.7 Å². The molecular weight excluding hydrogens is 339 g/mol. The van der Waals surface area contributed by atoms with Crippen molar-refractivity contribution in [3.8, 4) is 0 Å². The van der Waals surface area contributed by atoms with Crippen molar-refractivity contribution in [3.05, 3.63) is 45.4 Å². The van der Waals surface area contributed by atoms with E-state index in [0.717, 1.165) is 17.8 Å². The summed E-state index contributed by atoms with van der Waals surface area (Å²) in [5, 5.41) is 10.4. The van der Waals surface area contributed by atoms with Crippen LogP contribution in [0.4, 0.5) is 10.3 Å². The Kier molecular flexibility index (Phi) is 4.95. The molecule has 1 amide bonds. The van der Waals surface area contributed by atoms with E-state index >= 15 is 0 Å². The summed E-state index contributed by atoms with van der Waals surface area (Å²) in [5.41, 5.74) is 1.78. The van der Waals surface area contributed by atoms with Gasteiger partial charge in [0, 0.05) is 0 Å². The molecule has 0 aliphatic heterocycles. The topological polar surface area (TPSA) is 67.8 Å². The lowest BCUT2D eigenvalue weighted by Gasteiger charge is -2.08. The van der Waals surface area contributed by atoms with E-state index in [1.54, 1.807) is 0 Å². The highest BCUT2D eigenvalue weighted by Crippen LogP contribution is 2.21. The maximum absolute atomic E-state index is 13.4. The fourth-order valence-corrected chi connectivity index (χ4v) is 2.28. The average molecular weight is 353 g/mol. The number of rotatable bonds is 4. The van der Waals surface area contributed by atoms with E-state index in [1.807, 2.05) is 13.8 Å². The fourth-order valence-electron chi connectivity index (χ4n) is 1.84. The van der Waals surface area contributed by atoms with Crippen LogP contribution < -0.4 is 5.32 Å². The highest BCUT2D eigenvalue weighted by atomic mass is 79.9. The number of aryl methyl sites for hydroxylation is 2. The van der Waals surface area contributed by atoms with Crippen molar-refractivity contribution >= 4 is 27.8 Å². The predicted octanol–water partition coefficient (Wildman–Crippen LogP) is 3.15. The second-order valence-corrected chi connectivity index (χ2v) is 5.08. The standard InChI is InChI=1S/C14H14BrFN4O/c1-3-10-11(4-2)19-20-14(17-10)18-13(21)8-6-5-7-9(16)12(8)15/h5-7H,3-4H2,1-2H3,(H,17,18,20,21). The molecular formula is C14H14BrFN4O. The van der Waals surface area contributed by atoms with Crippen LogP contribution in [0.1, 0.15) is 35.6 Å². The molecule has 0 atom stereocenters. The van der Waals surface area contributed by atoms with Crippen LogP contribution in [0.3, 0.4) is 0 Å². The molecule has 1 aromatic heterocycles. The van der Waals surface area contributed by atoms with Crippen LogP contribution in [-0.2, 0) is 12.8 Å². The first-order valence-corrected chi connectivity index (χ1v) is 7.33. The number of hydrogen-bond acceptors (Lipinski definition) is 4. The van der Waals surface area contributed by atoms with Crippen LogP contribution >= 0.6 is 15.9 Å². The van der Waals surface area contributed by atoms with E-state index in [2.05, 4.69) is 36.4 Å². The van der Waals surface area contributed by atoms with Crippen molar-refractivity contribution in [1.29, 1.82) is 0 Å². The molecule has 0 bridgehead atoms. The van der Waals surface area contributed by atoms with Crippen molar-refractivity contribution in [2.24, 2.45) is 0 Å². The van der Waals surface area contributed by atoms with Crippen LogP contribution in [0.25, 0.3) is 0 Å². The van der Waals surface area contributed by atoms with Gasteiger partial charge in [0.1, 0.15) is 5.82 Å². The summed E-state index contributed by atoms with van der Waals surface area (Å²) < 4.78 is 13.5. The van der Waals surface area contributed by atoms with Gasteiger partial charge in [0.15, 0.2) is 0 Å². The monoisotopic (exact) mass is 352 g/mol. The normalized spacial score (nSPS) is 10.5. The largest absolute Gasteiger partial charge is 0.289 e. The van der Waals surface area contributed by atoms with Gasteiger partial charge in [-0.05, 0) is 40.9 Å². The fraction of sp³-hybridized carbons (Fsp3) is 0.286. The Bertz CT molecular complexity index is 678. The lowest BCUT2D eigenvalue weighted by molar-refractivity contribution is 0.102. The number of anilines is 1. The van der Waals surface area contributed by atoms with Crippen LogP contribution in [0.2, 0.25) is 0 Å². The Labute approximate surface area is 130 Å². The number of hydrogen-bond donors (Lipinski definition) is 1. The molecule has 1 heterocycles. The number of carbonyl (C=O) groups is 1. The van der Waals surface area contributed by atoms with Crippen molar-refractivity contribution in [1.82, 2.24) is 15.2 Å². The molecule has 2 aromatic rings. The Morgan fingerprint density at radius 1 is 1.24 bits per heavy atom. The zero-order valence-electron chi connectivity index (χ0n) is 11.7. The van der Waals surface area contributed by atoms with E-state index in [1.165, 1.54) is 18.2 Å². The second kappa shape index (κ2) is 6.71. The number of benzene rings is 1. The Morgan fingerprint density at radius 2 is 1.95 bits per heavy atom. The Balaban J connectivity index is 2.25. The summed E-state index contributed by atoms with van der Waals surface area (Å²) in [6.07, 6.45) is 1.43. The SMILES string of the molecule is CCc1nnc(NC(=O)c2cccc(F)c2Br)nc1CC. The molecule has 0 unspecified atom stereocenters. The molecule has 21 heavy (non-hydrogen) atoms. The molecule has 2 rings (SSSR count). The third kappa shape index (κ3) is 3.41. The van der Waals surface area contributed by atoms with Crippen LogP contribution in [0.15, 0.2) is 22.7 Å². The van der Waals surface area contributed by atoms with Gasteiger partial charge in [-0.15, -0.1) is 10.2 Å². The van der Waals surface area contributed by atoms with Crippen molar-refractivity contribution in [3.63, 3.8) is 0 Å². The van der Waals surface area contributed by atoms with Gasteiger partial charge >= 0.3 is 0 Å². The van der Waals surface area contributed by atoms with E-state index in [0.29, 0.717) is 6.42 Å². The molecule has 1 aromatic carbocycles. The molecule has 0 spiro atoms. The van der Waals surface area contributed by atoms with E-state index in [-0.39, 0.29) is 16.0 Å². The van der Waals surface area contributed by atoms with Crippen LogP contribution in [0, 0.1) is 5.82 Å². The molecule has 0 radical (unpaired) electrons. The first kappa shape index (κ1) is 15.5. The van der Waals surface area contributed by atoms with E-state index in [4.69, 9.17) is 0 Å². The minimum Gasteiger partial charge on any atom is -0.289 e. The Hall–Kier alpha value is -1.89. The van der Waals surface area contributed by atoms with Gasteiger partial charge in [-0.25, -0.2) is 9.37 Å². The molecule has 0 saturated carbocycles. The molecule has 0 saturated heterocycles. The minimum atomic E-state index is -0.503. The van der Waals surface area contributed by atoms with E-state index < -0.39 is 11.7 Å². The maximum atomic E-state index is 13.4. The Morgan fingerprint density at radius 3 is 2.62 bits per heavy atom. The molecule has 0 aliphatic carbocycles. The molecule has 7 heteroatoms. The molecule has 5 nitrogen and oxygen atoms in total. The van der Waals surface area contributed by atoms with Gasteiger partial charge in [-0.2, -0.15) is 0 Å². The molecule has 1 N–H and O–H groups in total. The first-order valence-electron chi connectivity index (χ1n) is 6.54. The lowest BCUT2D eigenvalue weighted by atomic mass is 10.2. The van der Waals surface area contributed by atoms with Gasteiger partial charge < -0.3 is 0 Å². The van der Waals surface area contributed by atoms with Gasteiger partial charge in [-0.1, -0.05) is 19.9 Å². The maximum Gasteiger partial charge on any atom is 0.259 e. The van der Waals surface area contributed by atoms with E-state index in [9.17, 15) is 9.18 Å². The summed E-state index contributed by atoms with van der Waals surface area (Å²) in [6, 6.07) is 4.24. The molecule has 0 aliphatic rings. The zero-order valence-corrected chi connectivity index (χ0v) is 13.2. The number of nitrogens with one attached hydrogen (secondary N) is 1. The number of halogens is 2. The highest BCUT2D eigenvalue weighted by Gasteiger charge is 2.15. The smallest absolute Gasteiger partial charge is 0.259 e. The van der Waals surface area contributed by atoms with Gasteiger partial charge in [0.25, 0.3) is 5.91 Å². The number of amides is 1. The first-order chi connectivity index (χ1) is 10.1. The van der Waals surface area contributed by atoms with Crippen LogP contribution in [0.5, 0.6) is 0 Å². The zero-order chi connectivity index (χ0) is 15.4. The summed E-state index contributed by atoms with van der Waals surface area (Å²) in [6.45, 7) is 3.92. The van der Waals surface area contributed by atoms with Gasteiger partial charge in [0.2, 0.25) is 5.95 Å². The van der Waals surface area contributed by atoms with Gasteiger partial charge in [0.05, 0.1) is 21.4 Å². The molecule has 0 fully saturated rings. The van der Waals surface area contributed by atoms with Gasteiger partial charge in [-0.3, -0.25) is 10.1 Å². The van der Waals surface area contributed by atoms with Crippen molar-refractivity contribution in [2.75, 3.05) is 5.32 Å². The highest BCUT2D eigenvalue weighted by molar-refractivity contribution is 9.10. The summed E-state index contributed by atoms with van der Waals surface area (Å²) in [4.78, 5) is 16.4. The average Bonchev–Trinajstić information content (AvgIpc) is 2.49. The summed E-state index contributed by atoms with van der Waals surface area (Å²) in [5.74, 6) is -0.878. The number of nitrogens with zero attached hydrogens (tertiary/aromatic N) is 3. The third-order valence-corrected chi connectivity index (χ3v) is 3.74. The number of aromatic nitrogens is 3. The molecule has 110 valence electrons. The second-order valence-electron chi connectivity index (χ2n) is 4.29. The summed E-state index contributed by atoms with van der Waals surface area (Å²) in [7, 11) is 0. The number of carbonyl (C=O) groups excluding carboxylic acids is 1. The summed E-state index contributed by atoms with van der Waals surface area (Å²) >= 11 is 3.05. The predicted molar refractivity (Wildman–Crippen MR) is 80.6 cm³/mol. The van der Waals surface area contributed by atoms with Crippen molar-refractivity contribution < 1.29 is 9.18 Å². The quantitative estimate of drug-likeness (QED) is 0.917. The third-order valence-electron chi connectivity index (χ3n) is 2.93. The minimum absolute atomic E-state index is 0.108. The lowest BCUT2D eigenvalue weighted by Crippen LogP contribution is -2.17. The van der Waals surface area contributed by atoms with Crippen LogP contribution in [-0.4, -0.2) is 21.1 Å².